The van der Waals surface area contributed by atoms with Crippen molar-refractivity contribution >= 4 is 40.7 Å². The van der Waals surface area contributed by atoms with Gasteiger partial charge in [-0.1, -0.05) is 32.4 Å². The quantitative estimate of drug-likeness (QED) is 0.144. The Morgan fingerprint density at radius 1 is 1.00 bits per heavy atom. The predicted molar refractivity (Wildman–Crippen MR) is 189 cm³/mol. The Morgan fingerprint density at radius 2 is 1.73 bits per heavy atom. The SMILES string of the molecule is CCC/C=C\C[C@@H](CC(=O)OC)NC(=O)[C@@H]1C[C@@H](Oc2cc(CC(=O)OC)nc3cc(OC)ccc23)CN1C(=O)[C@H](CC)NC(=O)OC(C)(C)C. The van der Waals surface area contributed by atoms with Gasteiger partial charge in [0.15, 0.2) is 0 Å². The molecule has 3 rings (SSSR count). The molecule has 0 bridgehead atoms. The van der Waals surface area contributed by atoms with Crippen molar-refractivity contribution in [1.82, 2.24) is 20.5 Å². The lowest BCUT2D eigenvalue weighted by Gasteiger charge is -2.29. The number of carbonyl (C=O) groups excluding carboxylic acids is 5. The van der Waals surface area contributed by atoms with Crippen LogP contribution in [0, 0.1) is 0 Å². The predicted octanol–water partition coefficient (Wildman–Crippen LogP) is 4.40. The van der Waals surface area contributed by atoms with Gasteiger partial charge >= 0.3 is 18.0 Å². The number of likely N-dealkylation sites (tertiary alicyclic amines) is 1. The van der Waals surface area contributed by atoms with Gasteiger partial charge in [0.25, 0.3) is 0 Å². The number of carbonyl (C=O) groups is 5. The normalized spacial score (nSPS) is 17.1. The second kappa shape index (κ2) is 18.9. The van der Waals surface area contributed by atoms with Crippen molar-refractivity contribution in [3.63, 3.8) is 0 Å². The molecule has 14 heteroatoms. The van der Waals surface area contributed by atoms with Crippen molar-refractivity contribution in [3.8, 4) is 11.5 Å². The number of fused-ring (bicyclic) bond motifs is 1. The largest absolute Gasteiger partial charge is 0.497 e. The van der Waals surface area contributed by atoms with Crippen molar-refractivity contribution < 1.29 is 47.7 Å². The highest BCUT2D eigenvalue weighted by Gasteiger charge is 2.43. The molecule has 4 atom stereocenters. The van der Waals surface area contributed by atoms with E-state index in [1.54, 1.807) is 52.0 Å². The van der Waals surface area contributed by atoms with E-state index in [1.807, 2.05) is 12.2 Å². The van der Waals surface area contributed by atoms with Crippen LogP contribution in [0.15, 0.2) is 36.4 Å². The zero-order chi connectivity index (χ0) is 37.7. The number of nitrogens with one attached hydrogen (secondary N) is 2. The summed E-state index contributed by atoms with van der Waals surface area (Å²) in [6.07, 6.45) is 4.81. The number of unbranched alkanes of at least 4 members (excludes halogenated alkanes) is 1. The van der Waals surface area contributed by atoms with Crippen molar-refractivity contribution in [2.75, 3.05) is 27.9 Å². The summed E-state index contributed by atoms with van der Waals surface area (Å²) in [7, 11) is 4.10. The molecule has 0 spiro atoms. The third-order valence-corrected chi connectivity index (χ3v) is 8.15. The first-order chi connectivity index (χ1) is 24.2. The Morgan fingerprint density at radius 3 is 2.35 bits per heavy atom. The van der Waals surface area contributed by atoms with Crippen molar-refractivity contribution in [2.24, 2.45) is 0 Å². The van der Waals surface area contributed by atoms with E-state index in [2.05, 4.69) is 22.5 Å². The fraction of sp³-hybridized carbons (Fsp3) is 0.568. The molecule has 0 aliphatic carbocycles. The van der Waals surface area contributed by atoms with Crippen LogP contribution in [0.3, 0.4) is 0 Å². The Kier molecular flexibility index (Phi) is 15.0. The number of hydrogen-bond donors (Lipinski definition) is 2. The molecule has 3 amide bonds. The number of amides is 3. The number of ether oxygens (including phenoxy) is 5. The molecule has 0 unspecified atom stereocenters. The molecule has 1 saturated heterocycles. The monoisotopic (exact) mass is 712 g/mol. The van der Waals surface area contributed by atoms with Gasteiger partial charge in [-0.3, -0.25) is 24.2 Å². The molecule has 1 aromatic carbocycles. The number of methoxy groups -OCH3 is 3. The summed E-state index contributed by atoms with van der Waals surface area (Å²) in [5.74, 6) is -0.989. The summed E-state index contributed by atoms with van der Waals surface area (Å²) < 4.78 is 27.0. The summed E-state index contributed by atoms with van der Waals surface area (Å²) in [6, 6.07) is 4.31. The fourth-order valence-electron chi connectivity index (χ4n) is 5.63. The average molecular weight is 713 g/mol. The number of alkyl carbamates (subject to hydrolysis) is 1. The number of nitrogens with zero attached hydrogens (tertiary/aromatic N) is 2. The summed E-state index contributed by atoms with van der Waals surface area (Å²) in [6.45, 7) is 8.96. The van der Waals surface area contributed by atoms with Gasteiger partial charge in [0.05, 0.1) is 51.9 Å². The first-order valence-electron chi connectivity index (χ1n) is 17.2. The number of allylic oxidation sites excluding steroid dienone is 1. The summed E-state index contributed by atoms with van der Waals surface area (Å²) in [5, 5.41) is 6.23. The number of benzene rings is 1. The van der Waals surface area contributed by atoms with Crippen LogP contribution in [0.1, 0.15) is 78.8 Å². The van der Waals surface area contributed by atoms with Crippen LogP contribution in [0.4, 0.5) is 4.79 Å². The van der Waals surface area contributed by atoms with E-state index in [0.717, 1.165) is 12.8 Å². The molecule has 0 radical (unpaired) electrons. The minimum absolute atomic E-state index is 0.00773. The van der Waals surface area contributed by atoms with Gasteiger partial charge in [0.2, 0.25) is 11.8 Å². The number of rotatable bonds is 16. The highest BCUT2D eigenvalue weighted by atomic mass is 16.6. The van der Waals surface area contributed by atoms with Gasteiger partial charge < -0.3 is 39.2 Å². The van der Waals surface area contributed by atoms with Crippen LogP contribution >= 0.6 is 0 Å². The molecule has 1 aromatic heterocycles. The molecular formula is C37H52N4O10. The first-order valence-corrected chi connectivity index (χ1v) is 17.2. The van der Waals surface area contributed by atoms with Gasteiger partial charge in [-0.25, -0.2) is 4.79 Å². The lowest BCUT2D eigenvalue weighted by atomic mass is 10.1. The second-order valence-electron chi connectivity index (χ2n) is 13.3. The van der Waals surface area contributed by atoms with Gasteiger partial charge in [-0.2, -0.15) is 0 Å². The molecule has 1 aliphatic rings. The van der Waals surface area contributed by atoms with Crippen LogP contribution in [-0.4, -0.2) is 97.4 Å². The van der Waals surface area contributed by atoms with E-state index in [0.29, 0.717) is 34.5 Å². The van der Waals surface area contributed by atoms with E-state index >= 15 is 0 Å². The summed E-state index contributed by atoms with van der Waals surface area (Å²) >= 11 is 0. The van der Waals surface area contributed by atoms with E-state index in [-0.39, 0.29) is 32.2 Å². The third-order valence-electron chi connectivity index (χ3n) is 8.15. The maximum absolute atomic E-state index is 14.1. The van der Waals surface area contributed by atoms with Crippen LogP contribution in [0.2, 0.25) is 0 Å². The third kappa shape index (κ3) is 12.1. The van der Waals surface area contributed by atoms with Gasteiger partial charge in [-0.15, -0.1) is 0 Å². The molecule has 1 fully saturated rings. The van der Waals surface area contributed by atoms with Crippen molar-refractivity contribution in [3.05, 3.63) is 42.1 Å². The van der Waals surface area contributed by atoms with Crippen molar-refractivity contribution in [1.29, 1.82) is 0 Å². The van der Waals surface area contributed by atoms with E-state index in [9.17, 15) is 24.0 Å². The molecule has 0 saturated carbocycles. The number of hydrogen-bond acceptors (Lipinski definition) is 11. The Labute approximate surface area is 299 Å². The van der Waals surface area contributed by atoms with Crippen LogP contribution in [-0.2, 0) is 39.8 Å². The standard InChI is InChI=1S/C37H52N4O10/c1-9-11-12-13-14-23(18-32(42)48-7)39-34(44)30-21-26(22-41(30)35(45)28(10-2)40-36(46)51-37(3,4)5)50-31-17-24(19-33(43)49-8)38-29-20-25(47-6)15-16-27(29)31/h12-13,15-17,20,23,26,28,30H,9-11,14,18-19,21-22H2,1-8H3,(H,39,44)(H,40,46)/b13-12-/t23-,26+,28-,30-/m0/s1. The molecule has 2 aromatic rings. The fourth-order valence-corrected chi connectivity index (χ4v) is 5.63. The van der Waals surface area contributed by atoms with E-state index in [4.69, 9.17) is 23.7 Å². The zero-order valence-electron chi connectivity index (χ0n) is 30.9. The Hall–Kier alpha value is -4.88. The zero-order valence-corrected chi connectivity index (χ0v) is 30.9. The van der Waals surface area contributed by atoms with Gasteiger partial charge in [0, 0.05) is 30.0 Å². The Balaban J connectivity index is 1.98. The smallest absolute Gasteiger partial charge is 0.408 e. The average Bonchev–Trinajstić information content (AvgIpc) is 3.51. The maximum atomic E-state index is 14.1. The molecule has 51 heavy (non-hydrogen) atoms. The van der Waals surface area contributed by atoms with Crippen molar-refractivity contribution in [2.45, 2.75) is 109 Å². The molecule has 1 aliphatic heterocycles. The maximum Gasteiger partial charge on any atom is 0.408 e. The number of aromatic nitrogens is 1. The van der Waals surface area contributed by atoms with E-state index in [1.165, 1.54) is 26.2 Å². The second-order valence-corrected chi connectivity index (χ2v) is 13.3. The number of esters is 2. The molecule has 2 heterocycles. The van der Waals surface area contributed by atoms with Crippen LogP contribution < -0.4 is 20.1 Å². The minimum Gasteiger partial charge on any atom is -0.497 e. The van der Waals surface area contributed by atoms with Gasteiger partial charge in [0.1, 0.15) is 35.3 Å². The van der Waals surface area contributed by atoms with Gasteiger partial charge in [-0.05, 0) is 52.2 Å². The molecule has 14 nitrogen and oxygen atoms in total. The van der Waals surface area contributed by atoms with Crippen LogP contribution in [0.5, 0.6) is 11.5 Å². The lowest BCUT2D eigenvalue weighted by Crippen LogP contribution is -2.55. The first kappa shape index (κ1) is 40.5. The molecular weight excluding hydrogens is 660 g/mol. The molecule has 2 N–H and O–H groups in total. The lowest BCUT2D eigenvalue weighted by molar-refractivity contribution is -0.143. The minimum atomic E-state index is -1.00. The summed E-state index contributed by atoms with van der Waals surface area (Å²) in [5.41, 5.74) is 0.123. The Bertz CT molecular complexity index is 1570. The van der Waals surface area contributed by atoms with Crippen LogP contribution in [0.25, 0.3) is 10.9 Å². The highest BCUT2D eigenvalue weighted by molar-refractivity contribution is 5.92. The summed E-state index contributed by atoms with van der Waals surface area (Å²) in [4.78, 5) is 71.2. The highest BCUT2D eigenvalue weighted by Crippen LogP contribution is 2.32. The molecule has 280 valence electrons. The number of pyridine rings is 1. The topological polar surface area (TPSA) is 172 Å². The van der Waals surface area contributed by atoms with E-state index < -0.39 is 59.7 Å².